The minimum absolute atomic E-state index is 0.0533. The van der Waals surface area contributed by atoms with Crippen LogP contribution < -0.4 is 0 Å². The Balaban J connectivity index is 1.97. The normalized spacial score (nSPS) is 20.0. The lowest BCUT2D eigenvalue weighted by Crippen LogP contribution is -2.41. The van der Waals surface area contributed by atoms with E-state index < -0.39 is 9.84 Å². The van der Waals surface area contributed by atoms with Crippen molar-refractivity contribution in [2.24, 2.45) is 0 Å². The number of amides is 1. The van der Waals surface area contributed by atoms with Crippen molar-refractivity contribution in [3.8, 4) is 0 Å². The highest BCUT2D eigenvalue weighted by Gasteiger charge is 2.35. The number of fused-ring (bicyclic) bond motifs is 1. The molecule has 23 heavy (non-hydrogen) atoms. The molecule has 0 radical (unpaired) electrons. The van der Waals surface area contributed by atoms with Crippen molar-refractivity contribution in [3.05, 3.63) is 34.5 Å². The van der Waals surface area contributed by atoms with E-state index in [2.05, 4.69) is 4.98 Å². The smallest absolute Gasteiger partial charge is 0.270 e. The molecule has 0 spiro atoms. The van der Waals surface area contributed by atoms with Crippen molar-refractivity contribution >= 4 is 38.2 Å². The first-order chi connectivity index (χ1) is 10.8. The number of nitrogens with one attached hydrogen (secondary N) is 1. The number of rotatable bonds is 3. The van der Waals surface area contributed by atoms with Crippen LogP contribution in [0.25, 0.3) is 10.9 Å². The van der Waals surface area contributed by atoms with E-state index in [0.29, 0.717) is 23.7 Å². The molecule has 1 aromatic heterocycles. The van der Waals surface area contributed by atoms with Crippen LogP contribution in [0.4, 0.5) is 0 Å². The molecule has 1 N–H and O–H groups in total. The summed E-state index contributed by atoms with van der Waals surface area (Å²) in [5.41, 5.74) is 2.18. The first-order valence-corrected chi connectivity index (χ1v) is 9.81. The van der Waals surface area contributed by atoms with Crippen LogP contribution in [0.1, 0.15) is 29.4 Å². The highest BCUT2D eigenvalue weighted by molar-refractivity contribution is 7.91. The standard InChI is InChI=1S/C16H19ClN2O3S/c1-3-19(12-6-7-23(21,22)9-12)16(20)15-10(2)13-5-4-11(17)8-14(13)18-15/h4-5,8,12,18H,3,6-7,9H2,1-2H3. The van der Waals surface area contributed by atoms with Crippen LogP contribution in [0.2, 0.25) is 5.02 Å². The Morgan fingerprint density at radius 3 is 2.78 bits per heavy atom. The SMILES string of the molecule is CCN(C(=O)c1[nH]c2cc(Cl)ccc2c1C)C1CCS(=O)(=O)C1. The highest BCUT2D eigenvalue weighted by atomic mass is 35.5. The number of hydrogen-bond donors (Lipinski definition) is 1. The number of sulfone groups is 1. The van der Waals surface area contributed by atoms with Crippen LogP contribution in [-0.2, 0) is 9.84 Å². The molecule has 2 heterocycles. The summed E-state index contributed by atoms with van der Waals surface area (Å²) in [7, 11) is -3.03. The fourth-order valence-electron chi connectivity index (χ4n) is 3.26. The fraction of sp³-hybridized carbons (Fsp3) is 0.438. The molecule has 1 atom stereocenters. The van der Waals surface area contributed by atoms with E-state index in [1.807, 2.05) is 19.9 Å². The molecule has 5 nitrogen and oxygen atoms in total. The molecule has 1 saturated heterocycles. The molecule has 1 aliphatic heterocycles. The van der Waals surface area contributed by atoms with E-state index >= 15 is 0 Å². The summed E-state index contributed by atoms with van der Waals surface area (Å²) in [6.07, 6.45) is 0.507. The lowest BCUT2D eigenvalue weighted by atomic mass is 10.1. The fourth-order valence-corrected chi connectivity index (χ4v) is 5.16. The Bertz CT molecular complexity index is 873. The van der Waals surface area contributed by atoms with Crippen molar-refractivity contribution in [2.75, 3.05) is 18.1 Å². The maximum absolute atomic E-state index is 12.9. The first-order valence-electron chi connectivity index (χ1n) is 7.61. The number of aryl methyl sites for hydroxylation is 1. The predicted molar refractivity (Wildman–Crippen MR) is 91.8 cm³/mol. The van der Waals surface area contributed by atoms with Crippen LogP contribution in [0, 0.1) is 6.92 Å². The van der Waals surface area contributed by atoms with Gasteiger partial charge >= 0.3 is 0 Å². The van der Waals surface area contributed by atoms with Crippen molar-refractivity contribution in [1.29, 1.82) is 0 Å². The number of carbonyl (C=O) groups is 1. The van der Waals surface area contributed by atoms with Gasteiger partial charge in [-0.3, -0.25) is 4.79 Å². The minimum Gasteiger partial charge on any atom is -0.350 e. The second-order valence-corrected chi connectivity index (χ2v) is 8.63. The molecule has 0 saturated carbocycles. The van der Waals surface area contributed by atoms with E-state index in [-0.39, 0.29) is 23.5 Å². The molecular formula is C16H19ClN2O3S. The van der Waals surface area contributed by atoms with Gasteiger partial charge in [-0.15, -0.1) is 0 Å². The largest absolute Gasteiger partial charge is 0.350 e. The van der Waals surface area contributed by atoms with Gasteiger partial charge in [0.2, 0.25) is 0 Å². The number of halogens is 1. The van der Waals surface area contributed by atoms with Gasteiger partial charge in [-0.2, -0.15) is 0 Å². The molecule has 124 valence electrons. The summed E-state index contributed by atoms with van der Waals surface area (Å²) in [5, 5.41) is 1.56. The minimum atomic E-state index is -3.03. The Hall–Kier alpha value is -1.53. The number of aromatic amines is 1. The van der Waals surface area contributed by atoms with Gasteiger partial charge in [-0.05, 0) is 38.0 Å². The van der Waals surface area contributed by atoms with Crippen LogP contribution in [0.5, 0.6) is 0 Å². The van der Waals surface area contributed by atoms with Gasteiger partial charge in [0.05, 0.1) is 11.5 Å². The second-order valence-electron chi connectivity index (χ2n) is 5.96. The zero-order chi connectivity index (χ0) is 16.8. The molecule has 1 fully saturated rings. The van der Waals surface area contributed by atoms with Gasteiger partial charge in [0.1, 0.15) is 5.69 Å². The molecule has 1 aliphatic rings. The van der Waals surface area contributed by atoms with Crippen LogP contribution >= 0.6 is 11.6 Å². The summed E-state index contributed by atoms with van der Waals surface area (Å²) in [4.78, 5) is 17.7. The second kappa shape index (κ2) is 5.83. The molecule has 1 unspecified atom stereocenters. The van der Waals surface area contributed by atoms with Crippen molar-refractivity contribution in [2.45, 2.75) is 26.3 Å². The summed E-state index contributed by atoms with van der Waals surface area (Å²) in [6.45, 7) is 4.24. The molecule has 3 rings (SSSR count). The van der Waals surface area contributed by atoms with Crippen LogP contribution in [0.15, 0.2) is 18.2 Å². The van der Waals surface area contributed by atoms with E-state index in [1.165, 1.54) is 0 Å². The van der Waals surface area contributed by atoms with Gasteiger partial charge in [-0.25, -0.2) is 8.42 Å². The van der Waals surface area contributed by atoms with E-state index in [9.17, 15) is 13.2 Å². The summed E-state index contributed by atoms with van der Waals surface area (Å²) in [5.74, 6) is 0.0554. The summed E-state index contributed by atoms with van der Waals surface area (Å²) >= 11 is 6.00. The van der Waals surface area contributed by atoms with Gasteiger partial charge in [0.15, 0.2) is 9.84 Å². The average Bonchev–Trinajstić information content (AvgIpc) is 3.00. The number of hydrogen-bond acceptors (Lipinski definition) is 3. The van der Waals surface area contributed by atoms with Crippen molar-refractivity contribution < 1.29 is 13.2 Å². The third-order valence-corrected chi connectivity index (χ3v) is 6.47. The number of aromatic nitrogens is 1. The quantitative estimate of drug-likeness (QED) is 0.921. The Morgan fingerprint density at radius 2 is 2.17 bits per heavy atom. The molecule has 1 amide bonds. The number of benzene rings is 1. The molecule has 2 aromatic rings. The van der Waals surface area contributed by atoms with E-state index in [1.54, 1.807) is 17.0 Å². The Labute approximate surface area is 140 Å². The van der Waals surface area contributed by atoms with Gasteiger partial charge in [-0.1, -0.05) is 17.7 Å². The first kappa shape index (κ1) is 16.3. The Kier molecular flexibility index (Phi) is 4.14. The highest BCUT2D eigenvalue weighted by Crippen LogP contribution is 2.27. The molecule has 0 bridgehead atoms. The topological polar surface area (TPSA) is 70.2 Å². The summed E-state index contributed by atoms with van der Waals surface area (Å²) < 4.78 is 23.4. The maximum Gasteiger partial charge on any atom is 0.270 e. The van der Waals surface area contributed by atoms with Crippen LogP contribution in [-0.4, -0.2) is 48.3 Å². The molecule has 0 aliphatic carbocycles. The number of H-pyrrole nitrogens is 1. The van der Waals surface area contributed by atoms with Crippen molar-refractivity contribution in [3.63, 3.8) is 0 Å². The predicted octanol–water partition coefficient (Wildman–Crippen LogP) is 2.78. The Morgan fingerprint density at radius 1 is 1.43 bits per heavy atom. The van der Waals surface area contributed by atoms with Gasteiger partial charge in [0, 0.05) is 28.5 Å². The zero-order valence-corrected chi connectivity index (χ0v) is 14.7. The molecule has 1 aromatic carbocycles. The lowest BCUT2D eigenvalue weighted by Gasteiger charge is -2.26. The monoisotopic (exact) mass is 354 g/mol. The van der Waals surface area contributed by atoms with E-state index in [4.69, 9.17) is 11.6 Å². The van der Waals surface area contributed by atoms with Gasteiger partial charge in [0.25, 0.3) is 5.91 Å². The number of nitrogens with zero attached hydrogens (tertiary/aromatic N) is 1. The van der Waals surface area contributed by atoms with Gasteiger partial charge < -0.3 is 9.88 Å². The average molecular weight is 355 g/mol. The van der Waals surface area contributed by atoms with E-state index in [0.717, 1.165) is 16.5 Å². The van der Waals surface area contributed by atoms with Crippen LogP contribution in [0.3, 0.4) is 0 Å². The maximum atomic E-state index is 12.9. The molecular weight excluding hydrogens is 336 g/mol. The number of carbonyl (C=O) groups excluding carboxylic acids is 1. The zero-order valence-electron chi connectivity index (χ0n) is 13.1. The summed E-state index contributed by atoms with van der Waals surface area (Å²) in [6, 6.07) is 5.22. The molecule has 7 heteroatoms. The third kappa shape index (κ3) is 2.97. The van der Waals surface area contributed by atoms with Crippen molar-refractivity contribution in [1.82, 2.24) is 9.88 Å². The third-order valence-electron chi connectivity index (χ3n) is 4.48. The lowest BCUT2D eigenvalue weighted by molar-refractivity contribution is 0.0702.